The Kier molecular flexibility index (Phi) is 8.42. The van der Waals surface area contributed by atoms with E-state index in [1.807, 2.05) is 24.3 Å². The molecule has 2 aromatic carbocycles. The minimum atomic E-state index is -0.463. The molecule has 0 radical (unpaired) electrons. The van der Waals surface area contributed by atoms with Gasteiger partial charge in [0, 0.05) is 18.8 Å². The number of rotatable bonds is 9. The molecule has 2 aromatic rings. The molecule has 2 rings (SSSR count). The minimum absolute atomic E-state index is 0.143. The first kappa shape index (κ1) is 21.4. The Morgan fingerprint density at radius 1 is 0.964 bits per heavy atom. The van der Waals surface area contributed by atoms with Gasteiger partial charge < -0.3 is 16.0 Å². The van der Waals surface area contributed by atoms with Gasteiger partial charge in [-0.1, -0.05) is 38.1 Å². The average Bonchev–Trinajstić information content (AvgIpc) is 2.70. The Balaban J connectivity index is 1.75. The molecular weight excluding hydrogens is 359 g/mol. The van der Waals surface area contributed by atoms with Crippen LogP contribution in [-0.4, -0.2) is 36.5 Å². The lowest BCUT2D eigenvalue weighted by atomic mass is 10.2. The standard InChI is InChI=1S/C21H27FN4O2/c1-3-26(4-2)15-17-6-5-7-19(12-17)25-20(27)14-24-21(28)23-13-16-8-10-18(22)11-9-16/h5-12H,3-4,13-15H2,1-2H3,(H,25,27)(H2,23,24,28). The third-order valence-corrected chi connectivity index (χ3v) is 4.29. The van der Waals surface area contributed by atoms with Crippen molar-refractivity contribution in [1.82, 2.24) is 15.5 Å². The fraction of sp³-hybridized carbons (Fsp3) is 0.333. The normalized spacial score (nSPS) is 10.6. The maximum Gasteiger partial charge on any atom is 0.315 e. The van der Waals surface area contributed by atoms with E-state index < -0.39 is 6.03 Å². The van der Waals surface area contributed by atoms with E-state index in [0.29, 0.717) is 5.69 Å². The molecule has 0 saturated carbocycles. The SMILES string of the molecule is CCN(CC)Cc1cccc(NC(=O)CNC(=O)NCc2ccc(F)cc2)c1. The number of urea groups is 1. The van der Waals surface area contributed by atoms with Crippen LogP contribution in [0.4, 0.5) is 14.9 Å². The van der Waals surface area contributed by atoms with E-state index in [1.165, 1.54) is 12.1 Å². The van der Waals surface area contributed by atoms with Crippen molar-refractivity contribution in [3.63, 3.8) is 0 Å². The molecule has 0 aliphatic rings. The third-order valence-electron chi connectivity index (χ3n) is 4.29. The van der Waals surface area contributed by atoms with Crippen LogP contribution in [0.5, 0.6) is 0 Å². The number of anilines is 1. The Morgan fingerprint density at radius 3 is 2.36 bits per heavy atom. The second kappa shape index (κ2) is 11.0. The molecule has 0 spiro atoms. The predicted octanol–water partition coefficient (Wildman–Crippen LogP) is 3.11. The van der Waals surface area contributed by atoms with Crippen molar-refractivity contribution in [2.45, 2.75) is 26.9 Å². The highest BCUT2D eigenvalue weighted by Crippen LogP contribution is 2.12. The summed E-state index contributed by atoms with van der Waals surface area (Å²) >= 11 is 0. The van der Waals surface area contributed by atoms with Crippen LogP contribution in [0, 0.1) is 5.82 Å². The van der Waals surface area contributed by atoms with E-state index in [-0.39, 0.29) is 24.8 Å². The molecule has 0 fully saturated rings. The van der Waals surface area contributed by atoms with E-state index in [1.54, 1.807) is 12.1 Å². The number of hydrogen-bond donors (Lipinski definition) is 3. The van der Waals surface area contributed by atoms with Crippen molar-refractivity contribution in [2.24, 2.45) is 0 Å². The summed E-state index contributed by atoms with van der Waals surface area (Å²) < 4.78 is 12.9. The van der Waals surface area contributed by atoms with Crippen molar-refractivity contribution in [2.75, 3.05) is 25.0 Å². The second-order valence-corrected chi connectivity index (χ2v) is 6.37. The van der Waals surface area contributed by atoms with Crippen LogP contribution >= 0.6 is 0 Å². The lowest BCUT2D eigenvalue weighted by Gasteiger charge is -2.18. The van der Waals surface area contributed by atoms with Gasteiger partial charge in [0.2, 0.25) is 5.91 Å². The maximum absolute atomic E-state index is 12.9. The molecule has 7 heteroatoms. The van der Waals surface area contributed by atoms with Crippen molar-refractivity contribution in [3.05, 3.63) is 65.5 Å². The summed E-state index contributed by atoms with van der Waals surface area (Å²) in [5.41, 5.74) is 2.58. The van der Waals surface area contributed by atoms with Crippen LogP contribution in [0.1, 0.15) is 25.0 Å². The lowest BCUT2D eigenvalue weighted by Crippen LogP contribution is -2.39. The van der Waals surface area contributed by atoms with Crippen molar-refractivity contribution < 1.29 is 14.0 Å². The monoisotopic (exact) mass is 386 g/mol. The number of carbonyl (C=O) groups excluding carboxylic acids is 2. The van der Waals surface area contributed by atoms with Crippen molar-refractivity contribution in [1.29, 1.82) is 0 Å². The first-order chi connectivity index (χ1) is 13.5. The van der Waals surface area contributed by atoms with Crippen LogP contribution in [-0.2, 0) is 17.9 Å². The number of halogens is 1. The van der Waals surface area contributed by atoms with E-state index in [9.17, 15) is 14.0 Å². The smallest absolute Gasteiger partial charge is 0.315 e. The number of hydrogen-bond acceptors (Lipinski definition) is 3. The summed E-state index contributed by atoms with van der Waals surface area (Å²) in [6.45, 7) is 7.08. The molecule has 0 aliphatic carbocycles. The number of benzene rings is 2. The highest BCUT2D eigenvalue weighted by Gasteiger charge is 2.07. The van der Waals surface area contributed by atoms with E-state index in [0.717, 1.165) is 30.8 Å². The van der Waals surface area contributed by atoms with Gasteiger partial charge in [0.05, 0.1) is 6.54 Å². The quantitative estimate of drug-likeness (QED) is 0.620. The third kappa shape index (κ3) is 7.36. The molecule has 3 amide bonds. The van der Waals surface area contributed by atoms with Gasteiger partial charge in [0.1, 0.15) is 5.82 Å². The van der Waals surface area contributed by atoms with Gasteiger partial charge in [-0.15, -0.1) is 0 Å². The van der Waals surface area contributed by atoms with E-state index in [2.05, 4.69) is 34.7 Å². The Morgan fingerprint density at radius 2 is 1.68 bits per heavy atom. The molecular formula is C21H27FN4O2. The Labute approximate surface area is 165 Å². The van der Waals surface area contributed by atoms with Crippen LogP contribution in [0.3, 0.4) is 0 Å². The summed E-state index contributed by atoms with van der Waals surface area (Å²) in [5, 5.41) is 7.91. The Bertz CT molecular complexity index is 776. The molecule has 0 aliphatic heterocycles. The van der Waals surface area contributed by atoms with Gasteiger partial charge in [-0.25, -0.2) is 9.18 Å². The molecule has 0 aromatic heterocycles. The number of nitrogens with zero attached hydrogens (tertiary/aromatic N) is 1. The molecule has 0 bridgehead atoms. The maximum atomic E-state index is 12.9. The number of amides is 3. The fourth-order valence-electron chi connectivity index (χ4n) is 2.67. The molecule has 0 saturated heterocycles. The first-order valence-electron chi connectivity index (χ1n) is 9.37. The van der Waals surface area contributed by atoms with Crippen molar-refractivity contribution in [3.8, 4) is 0 Å². The molecule has 6 nitrogen and oxygen atoms in total. The van der Waals surface area contributed by atoms with E-state index in [4.69, 9.17) is 0 Å². The van der Waals surface area contributed by atoms with E-state index >= 15 is 0 Å². The zero-order chi connectivity index (χ0) is 20.4. The highest BCUT2D eigenvalue weighted by atomic mass is 19.1. The van der Waals surface area contributed by atoms with Crippen molar-refractivity contribution >= 4 is 17.6 Å². The summed E-state index contributed by atoms with van der Waals surface area (Å²) in [4.78, 5) is 26.2. The minimum Gasteiger partial charge on any atom is -0.334 e. The summed E-state index contributed by atoms with van der Waals surface area (Å²) in [7, 11) is 0. The second-order valence-electron chi connectivity index (χ2n) is 6.37. The predicted molar refractivity (Wildman–Crippen MR) is 108 cm³/mol. The number of carbonyl (C=O) groups is 2. The van der Waals surface area contributed by atoms with Gasteiger partial charge in [-0.05, 0) is 48.5 Å². The van der Waals surface area contributed by atoms with Crippen LogP contribution in [0.25, 0.3) is 0 Å². The summed E-state index contributed by atoms with van der Waals surface area (Å²) in [6.07, 6.45) is 0. The molecule has 0 atom stereocenters. The Hall–Kier alpha value is -2.93. The van der Waals surface area contributed by atoms with Gasteiger partial charge in [-0.3, -0.25) is 9.69 Å². The highest BCUT2D eigenvalue weighted by molar-refractivity contribution is 5.94. The zero-order valence-electron chi connectivity index (χ0n) is 16.3. The van der Waals surface area contributed by atoms with Gasteiger partial charge in [0.15, 0.2) is 0 Å². The lowest BCUT2D eigenvalue weighted by molar-refractivity contribution is -0.115. The first-order valence-corrected chi connectivity index (χ1v) is 9.37. The molecule has 0 heterocycles. The van der Waals surface area contributed by atoms with Gasteiger partial charge >= 0.3 is 6.03 Å². The molecule has 3 N–H and O–H groups in total. The van der Waals surface area contributed by atoms with Gasteiger partial charge in [-0.2, -0.15) is 0 Å². The molecule has 28 heavy (non-hydrogen) atoms. The largest absolute Gasteiger partial charge is 0.334 e. The van der Waals surface area contributed by atoms with Crippen LogP contribution < -0.4 is 16.0 Å². The zero-order valence-corrected chi connectivity index (χ0v) is 16.3. The summed E-state index contributed by atoms with van der Waals surface area (Å²) in [5.74, 6) is -0.636. The van der Waals surface area contributed by atoms with Crippen LogP contribution in [0.15, 0.2) is 48.5 Å². The average molecular weight is 386 g/mol. The molecule has 0 unspecified atom stereocenters. The fourth-order valence-corrected chi connectivity index (χ4v) is 2.67. The topological polar surface area (TPSA) is 73.5 Å². The number of nitrogens with one attached hydrogen (secondary N) is 3. The van der Waals surface area contributed by atoms with Crippen LogP contribution in [0.2, 0.25) is 0 Å². The van der Waals surface area contributed by atoms with Gasteiger partial charge in [0.25, 0.3) is 0 Å². The molecule has 150 valence electrons. The summed E-state index contributed by atoms with van der Waals surface area (Å²) in [6, 6.07) is 13.1.